The number of methoxy groups -OCH3 is 1. The van der Waals surface area contributed by atoms with Gasteiger partial charge in [0.05, 0.1) is 18.4 Å². The molecule has 0 saturated carbocycles. The summed E-state index contributed by atoms with van der Waals surface area (Å²) in [6.45, 7) is 2.18. The second-order valence-electron chi connectivity index (χ2n) is 7.67. The molecular formula is C24H21ClN4O2S. The van der Waals surface area contributed by atoms with Crippen molar-refractivity contribution in [1.82, 2.24) is 19.9 Å². The Balaban J connectivity index is 1.31. The van der Waals surface area contributed by atoms with Gasteiger partial charge in [0, 0.05) is 53.3 Å². The van der Waals surface area contributed by atoms with Crippen molar-refractivity contribution < 1.29 is 4.74 Å². The molecule has 0 spiro atoms. The molecule has 0 unspecified atom stereocenters. The molecule has 0 aliphatic carbocycles. The Morgan fingerprint density at radius 2 is 1.88 bits per heavy atom. The van der Waals surface area contributed by atoms with E-state index < -0.39 is 0 Å². The van der Waals surface area contributed by atoms with Gasteiger partial charge in [-0.2, -0.15) is 0 Å². The molecule has 0 atom stereocenters. The standard InChI is InChI=1S/C24H21ClN4O2S/c1-31-18-8-4-16(5-9-18)24-26-12-19(32-24)13-29-11-10-21-20(14-29)23(30)28-22(27-21)15-2-6-17(25)7-3-15/h2-9,12H,10-11,13-14H2,1H3,(H,27,28,30). The van der Waals surface area contributed by atoms with E-state index in [9.17, 15) is 4.79 Å². The normalized spacial score (nSPS) is 13.7. The predicted octanol–water partition coefficient (Wildman–Crippen LogP) is 4.78. The van der Waals surface area contributed by atoms with Crippen LogP contribution in [0.3, 0.4) is 0 Å². The predicted molar refractivity (Wildman–Crippen MR) is 127 cm³/mol. The summed E-state index contributed by atoms with van der Waals surface area (Å²) in [5, 5.41) is 1.63. The number of nitrogens with one attached hydrogen (secondary N) is 1. The highest BCUT2D eigenvalue weighted by atomic mass is 35.5. The van der Waals surface area contributed by atoms with Crippen molar-refractivity contribution in [3.8, 4) is 27.7 Å². The Hall–Kier alpha value is -3.00. The van der Waals surface area contributed by atoms with Gasteiger partial charge >= 0.3 is 0 Å². The molecular weight excluding hydrogens is 444 g/mol. The summed E-state index contributed by atoms with van der Waals surface area (Å²) >= 11 is 7.64. The lowest BCUT2D eigenvalue weighted by molar-refractivity contribution is 0.244. The van der Waals surface area contributed by atoms with E-state index in [4.69, 9.17) is 21.3 Å². The van der Waals surface area contributed by atoms with E-state index in [1.54, 1.807) is 30.6 Å². The lowest BCUT2D eigenvalue weighted by atomic mass is 10.1. The molecule has 5 rings (SSSR count). The summed E-state index contributed by atoms with van der Waals surface area (Å²) in [5.41, 5.74) is 3.47. The van der Waals surface area contributed by atoms with Crippen LogP contribution in [-0.2, 0) is 19.5 Å². The van der Waals surface area contributed by atoms with Crippen LogP contribution in [0.2, 0.25) is 5.02 Å². The minimum Gasteiger partial charge on any atom is -0.497 e. The van der Waals surface area contributed by atoms with Crippen LogP contribution in [0.4, 0.5) is 0 Å². The third kappa shape index (κ3) is 4.32. The highest BCUT2D eigenvalue weighted by Crippen LogP contribution is 2.28. The molecule has 6 nitrogen and oxygen atoms in total. The number of aromatic nitrogens is 3. The first-order chi connectivity index (χ1) is 15.6. The van der Waals surface area contributed by atoms with E-state index in [0.717, 1.165) is 52.7 Å². The van der Waals surface area contributed by atoms with Crippen molar-refractivity contribution in [2.75, 3.05) is 13.7 Å². The highest BCUT2D eigenvalue weighted by Gasteiger charge is 2.22. The molecule has 0 fully saturated rings. The van der Waals surface area contributed by atoms with Gasteiger partial charge in [-0.25, -0.2) is 9.97 Å². The number of hydrogen-bond donors (Lipinski definition) is 1. The Morgan fingerprint density at radius 3 is 2.62 bits per heavy atom. The van der Waals surface area contributed by atoms with Crippen LogP contribution in [0.5, 0.6) is 5.75 Å². The van der Waals surface area contributed by atoms with Gasteiger partial charge in [0.1, 0.15) is 16.6 Å². The van der Waals surface area contributed by atoms with Crippen molar-refractivity contribution in [1.29, 1.82) is 0 Å². The first kappa shape index (κ1) is 20.9. The quantitative estimate of drug-likeness (QED) is 0.460. The molecule has 8 heteroatoms. The molecule has 1 N–H and O–H groups in total. The number of nitrogens with zero attached hydrogens (tertiary/aromatic N) is 3. The van der Waals surface area contributed by atoms with Crippen molar-refractivity contribution in [3.05, 3.63) is 86.2 Å². The fourth-order valence-electron chi connectivity index (χ4n) is 3.83. The van der Waals surface area contributed by atoms with E-state index in [1.807, 2.05) is 42.6 Å². The van der Waals surface area contributed by atoms with Gasteiger partial charge in [-0.1, -0.05) is 11.6 Å². The van der Waals surface area contributed by atoms with Crippen LogP contribution in [0.1, 0.15) is 16.1 Å². The van der Waals surface area contributed by atoms with Gasteiger partial charge in [0.2, 0.25) is 0 Å². The van der Waals surface area contributed by atoms with Crippen LogP contribution in [0.25, 0.3) is 22.0 Å². The van der Waals surface area contributed by atoms with Crippen molar-refractivity contribution in [3.63, 3.8) is 0 Å². The lowest BCUT2D eigenvalue weighted by Gasteiger charge is -2.27. The van der Waals surface area contributed by atoms with Crippen LogP contribution in [0.15, 0.2) is 59.5 Å². The molecule has 1 aliphatic heterocycles. The Bertz CT molecular complexity index is 1300. The third-order valence-corrected chi connectivity index (χ3v) is 6.82. The molecule has 2 aromatic carbocycles. The summed E-state index contributed by atoms with van der Waals surface area (Å²) in [6.07, 6.45) is 2.66. The van der Waals surface area contributed by atoms with Gasteiger partial charge in [-0.05, 0) is 48.5 Å². The van der Waals surface area contributed by atoms with Crippen LogP contribution >= 0.6 is 22.9 Å². The van der Waals surface area contributed by atoms with Crippen LogP contribution < -0.4 is 10.3 Å². The second-order valence-corrected chi connectivity index (χ2v) is 9.22. The van der Waals surface area contributed by atoms with Crippen molar-refractivity contribution >= 4 is 22.9 Å². The first-order valence-electron chi connectivity index (χ1n) is 10.3. The zero-order valence-corrected chi connectivity index (χ0v) is 19.0. The summed E-state index contributed by atoms with van der Waals surface area (Å²) < 4.78 is 5.22. The smallest absolute Gasteiger partial charge is 0.255 e. The fraction of sp³-hybridized carbons (Fsp3) is 0.208. The number of aromatic amines is 1. The van der Waals surface area contributed by atoms with E-state index in [2.05, 4.69) is 14.9 Å². The average Bonchev–Trinajstić information content (AvgIpc) is 3.28. The SMILES string of the molecule is COc1ccc(-c2ncc(CN3CCc4nc(-c5ccc(Cl)cc5)[nH]c(=O)c4C3)s2)cc1. The number of fused-ring (bicyclic) bond motifs is 1. The number of thiazole rings is 1. The number of halogens is 1. The highest BCUT2D eigenvalue weighted by molar-refractivity contribution is 7.15. The molecule has 1 aliphatic rings. The van der Waals surface area contributed by atoms with Crippen LogP contribution in [0, 0.1) is 0 Å². The maximum atomic E-state index is 12.8. The Kier molecular flexibility index (Phi) is 5.78. The molecule has 0 radical (unpaired) electrons. The van der Waals surface area contributed by atoms with Gasteiger partial charge in [0.25, 0.3) is 5.56 Å². The number of ether oxygens (including phenoxy) is 1. The van der Waals surface area contributed by atoms with Crippen LogP contribution in [-0.4, -0.2) is 33.5 Å². The van der Waals surface area contributed by atoms with Gasteiger partial charge in [0.15, 0.2) is 0 Å². The number of rotatable bonds is 5. The molecule has 3 heterocycles. The molecule has 32 heavy (non-hydrogen) atoms. The molecule has 162 valence electrons. The number of H-pyrrole nitrogens is 1. The average molecular weight is 465 g/mol. The van der Waals surface area contributed by atoms with Crippen molar-refractivity contribution in [2.24, 2.45) is 0 Å². The van der Waals surface area contributed by atoms with Gasteiger partial charge in [-0.15, -0.1) is 11.3 Å². The first-order valence-corrected chi connectivity index (χ1v) is 11.5. The molecule has 0 amide bonds. The molecule has 2 aromatic heterocycles. The molecule has 4 aromatic rings. The van der Waals surface area contributed by atoms with E-state index >= 15 is 0 Å². The largest absolute Gasteiger partial charge is 0.497 e. The van der Waals surface area contributed by atoms with Gasteiger partial charge in [-0.3, -0.25) is 9.69 Å². The second kappa shape index (κ2) is 8.86. The monoisotopic (exact) mass is 464 g/mol. The maximum Gasteiger partial charge on any atom is 0.255 e. The molecule has 0 bridgehead atoms. The van der Waals surface area contributed by atoms with E-state index in [0.29, 0.717) is 17.4 Å². The summed E-state index contributed by atoms with van der Waals surface area (Å²) in [4.78, 5) is 28.5. The van der Waals surface area contributed by atoms with Crippen molar-refractivity contribution in [2.45, 2.75) is 19.5 Å². The fourth-order valence-corrected chi connectivity index (χ4v) is 4.91. The zero-order valence-electron chi connectivity index (χ0n) is 17.5. The number of benzene rings is 2. The molecule has 0 saturated heterocycles. The van der Waals surface area contributed by atoms with E-state index in [-0.39, 0.29) is 5.56 Å². The van der Waals surface area contributed by atoms with E-state index in [1.165, 1.54) is 4.88 Å². The summed E-state index contributed by atoms with van der Waals surface area (Å²) in [7, 11) is 1.66. The minimum atomic E-state index is -0.0760. The third-order valence-electron chi connectivity index (χ3n) is 5.54. The minimum absolute atomic E-state index is 0.0760. The maximum absolute atomic E-state index is 12.8. The topological polar surface area (TPSA) is 71.1 Å². The van der Waals surface area contributed by atoms with Gasteiger partial charge < -0.3 is 9.72 Å². The lowest BCUT2D eigenvalue weighted by Crippen LogP contribution is -2.35. The Labute approximate surface area is 194 Å². The number of hydrogen-bond acceptors (Lipinski definition) is 6. The summed E-state index contributed by atoms with van der Waals surface area (Å²) in [6, 6.07) is 15.2. The summed E-state index contributed by atoms with van der Waals surface area (Å²) in [5.74, 6) is 1.42. The Morgan fingerprint density at radius 1 is 1.12 bits per heavy atom. The zero-order chi connectivity index (χ0) is 22.1.